The topological polar surface area (TPSA) is 42.8 Å². The largest absolute Gasteiger partial charge is 0.492 e. The van der Waals surface area contributed by atoms with Crippen molar-refractivity contribution in [3.05, 3.63) is 68.1 Å². The number of hydrogen-bond donors (Lipinski definition) is 1. The summed E-state index contributed by atoms with van der Waals surface area (Å²) < 4.78 is 49.6. The molecule has 2 aromatic carbocycles. The maximum atomic E-state index is 14.0. The van der Waals surface area contributed by atoms with Gasteiger partial charge in [-0.2, -0.15) is 18.3 Å². The van der Waals surface area contributed by atoms with Crippen molar-refractivity contribution < 1.29 is 17.9 Å². The molecule has 0 fully saturated rings. The average Bonchev–Trinajstić information content (AvgIpc) is 3.29. The molecule has 0 atom stereocenters. The molecular formula is C26H26Cl2F3N3O. The zero-order valence-electron chi connectivity index (χ0n) is 20.1. The van der Waals surface area contributed by atoms with Crippen molar-refractivity contribution in [2.24, 2.45) is 7.05 Å². The molecule has 0 aliphatic heterocycles. The number of fused-ring (bicyclic) bond motifs is 1. The highest BCUT2D eigenvalue weighted by Gasteiger charge is 2.36. The second-order valence-corrected chi connectivity index (χ2v) is 9.53. The number of nitrogens with zero attached hydrogens (tertiary/aromatic N) is 2. The van der Waals surface area contributed by atoms with Crippen molar-refractivity contribution in [3.63, 3.8) is 0 Å². The van der Waals surface area contributed by atoms with Gasteiger partial charge in [0.15, 0.2) is 0 Å². The van der Waals surface area contributed by atoms with E-state index in [4.69, 9.17) is 27.9 Å². The summed E-state index contributed by atoms with van der Waals surface area (Å²) in [6.45, 7) is 7.63. The number of aromatic amines is 1. The summed E-state index contributed by atoms with van der Waals surface area (Å²) in [4.78, 5) is 2.69. The van der Waals surface area contributed by atoms with Gasteiger partial charge < -0.3 is 9.72 Å². The van der Waals surface area contributed by atoms with Crippen LogP contribution < -0.4 is 4.74 Å². The van der Waals surface area contributed by atoms with Crippen molar-refractivity contribution in [2.45, 2.75) is 46.7 Å². The van der Waals surface area contributed by atoms with Gasteiger partial charge in [-0.15, -0.1) is 0 Å². The lowest BCUT2D eigenvalue weighted by molar-refractivity contribution is -0.141. The number of aromatic nitrogens is 3. The van der Waals surface area contributed by atoms with Crippen LogP contribution in [-0.2, 0) is 19.6 Å². The van der Waals surface area contributed by atoms with Gasteiger partial charge >= 0.3 is 6.18 Å². The fraction of sp³-hybridized carbons (Fsp3) is 0.346. The van der Waals surface area contributed by atoms with Gasteiger partial charge in [0.1, 0.15) is 11.4 Å². The molecule has 4 nitrogen and oxygen atoms in total. The Hall–Kier alpha value is -2.64. The molecular weight excluding hydrogens is 498 g/mol. The number of H-pyrrole nitrogens is 1. The second kappa shape index (κ2) is 9.43. The molecule has 0 saturated carbocycles. The molecule has 4 rings (SSSR count). The third-order valence-electron chi connectivity index (χ3n) is 6.40. The average molecular weight is 524 g/mol. The van der Waals surface area contributed by atoms with Gasteiger partial charge in [0.25, 0.3) is 0 Å². The highest BCUT2D eigenvalue weighted by atomic mass is 35.5. The predicted octanol–water partition coefficient (Wildman–Crippen LogP) is 8.14. The molecule has 4 aromatic rings. The standard InChI is InChI=1S/C26H26Cl2F3N3O/c1-13-12-20(23(28)14(2)22(13)27)35-11-7-10-18-17-8-6-9-19(21-15(3)33-34(5)16(21)4)24(17)32-25(18)26(29,30)31/h6,8-9,12,32H,7,10-11H2,1-5H3. The Labute approximate surface area is 212 Å². The highest BCUT2D eigenvalue weighted by molar-refractivity contribution is 6.37. The first kappa shape index (κ1) is 25.5. The fourth-order valence-electron chi connectivity index (χ4n) is 4.58. The number of ether oxygens (including phenoxy) is 1. The SMILES string of the molecule is Cc1cc(OCCCc2c(C(F)(F)F)[nH]c3c(-c4c(C)nn(C)c4C)cccc23)c(Cl)c(C)c1Cl. The molecule has 1 N–H and O–H groups in total. The van der Waals surface area contributed by atoms with E-state index in [2.05, 4.69) is 10.1 Å². The number of halogens is 5. The van der Waals surface area contributed by atoms with Crippen molar-refractivity contribution in [3.8, 4) is 16.9 Å². The number of aryl methyl sites for hydroxylation is 4. The smallest absolute Gasteiger partial charge is 0.431 e. The van der Waals surface area contributed by atoms with E-state index >= 15 is 0 Å². The Kier molecular flexibility index (Phi) is 6.86. The van der Waals surface area contributed by atoms with Gasteiger partial charge in [-0.25, -0.2) is 0 Å². The van der Waals surface area contributed by atoms with Gasteiger partial charge in [0, 0.05) is 34.3 Å². The van der Waals surface area contributed by atoms with E-state index in [0.717, 1.165) is 22.5 Å². The van der Waals surface area contributed by atoms with Crippen molar-refractivity contribution in [1.29, 1.82) is 0 Å². The van der Waals surface area contributed by atoms with Crippen LogP contribution >= 0.6 is 23.2 Å². The van der Waals surface area contributed by atoms with E-state index in [1.165, 1.54) is 0 Å². The number of hydrogen-bond acceptors (Lipinski definition) is 2. The van der Waals surface area contributed by atoms with Crippen LogP contribution in [0.3, 0.4) is 0 Å². The summed E-state index contributed by atoms with van der Waals surface area (Å²) in [5.41, 5.74) is 4.70. The van der Waals surface area contributed by atoms with Crippen LogP contribution in [0.4, 0.5) is 13.2 Å². The lowest BCUT2D eigenvalue weighted by Crippen LogP contribution is -2.10. The van der Waals surface area contributed by atoms with Crippen LogP contribution in [-0.4, -0.2) is 21.4 Å². The minimum absolute atomic E-state index is 0.187. The molecule has 0 amide bonds. The van der Waals surface area contributed by atoms with Gasteiger partial charge in [0.05, 0.1) is 22.8 Å². The van der Waals surface area contributed by atoms with E-state index in [9.17, 15) is 13.2 Å². The first-order valence-electron chi connectivity index (χ1n) is 11.2. The molecule has 0 bridgehead atoms. The zero-order chi connectivity index (χ0) is 25.7. The zero-order valence-corrected chi connectivity index (χ0v) is 21.6. The van der Waals surface area contributed by atoms with Crippen molar-refractivity contribution >= 4 is 34.1 Å². The minimum atomic E-state index is -4.51. The van der Waals surface area contributed by atoms with E-state index in [1.54, 1.807) is 29.8 Å². The van der Waals surface area contributed by atoms with Crippen molar-refractivity contribution in [2.75, 3.05) is 6.61 Å². The Morgan fingerprint density at radius 3 is 2.43 bits per heavy atom. The van der Waals surface area contributed by atoms with Gasteiger partial charge in [0.2, 0.25) is 0 Å². The molecule has 9 heteroatoms. The van der Waals surface area contributed by atoms with E-state index in [1.807, 2.05) is 33.9 Å². The number of nitrogens with one attached hydrogen (secondary N) is 1. The molecule has 0 radical (unpaired) electrons. The van der Waals surface area contributed by atoms with Crippen LogP contribution in [0.1, 0.15) is 40.2 Å². The normalized spacial score (nSPS) is 12.1. The summed E-state index contributed by atoms with van der Waals surface area (Å²) in [5, 5.41) is 5.97. The lowest BCUT2D eigenvalue weighted by Gasteiger charge is -2.13. The molecule has 0 spiro atoms. The molecule has 0 saturated heterocycles. The van der Waals surface area contributed by atoms with Gasteiger partial charge in [-0.3, -0.25) is 4.68 Å². The molecule has 0 unspecified atom stereocenters. The van der Waals surface area contributed by atoms with Gasteiger partial charge in [-0.1, -0.05) is 41.4 Å². The summed E-state index contributed by atoms with van der Waals surface area (Å²) in [6, 6.07) is 7.09. The maximum Gasteiger partial charge on any atom is 0.431 e. The quantitative estimate of drug-likeness (QED) is 0.259. The number of rotatable bonds is 6. The molecule has 0 aliphatic rings. The van der Waals surface area contributed by atoms with Crippen LogP contribution in [0, 0.1) is 27.7 Å². The number of alkyl halides is 3. The first-order valence-corrected chi connectivity index (χ1v) is 12.0. The van der Waals surface area contributed by atoms with Crippen LogP contribution in [0.5, 0.6) is 5.75 Å². The Balaban J connectivity index is 1.66. The molecule has 0 aliphatic carbocycles. The first-order chi connectivity index (χ1) is 16.4. The van der Waals surface area contributed by atoms with Crippen LogP contribution in [0.15, 0.2) is 24.3 Å². The van der Waals surface area contributed by atoms with Crippen LogP contribution in [0.2, 0.25) is 10.0 Å². The Morgan fingerprint density at radius 1 is 1.09 bits per heavy atom. The van der Waals surface area contributed by atoms with E-state index < -0.39 is 11.9 Å². The molecule has 35 heavy (non-hydrogen) atoms. The molecule has 2 aromatic heterocycles. The van der Waals surface area contributed by atoms with Gasteiger partial charge in [-0.05, 0) is 63.3 Å². The fourth-order valence-corrected chi connectivity index (χ4v) is 4.98. The Morgan fingerprint density at radius 2 is 1.80 bits per heavy atom. The second-order valence-electron chi connectivity index (χ2n) is 8.77. The Bertz CT molecular complexity index is 1420. The monoisotopic (exact) mass is 523 g/mol. The molecule has 2 heterocycles. The number of para-hydroxylation sites is 1. The van der Waals surface area contributed by atoms with Crippen molar-refractivity contribution in [1.82, 2.24) is 14.8 Å². The van der Waals surface area contributed by atoms with Crippen LogP contribution in [0.25, 0.3) is 22.0 Å². The third kappa shape index (κ3) is 4.64. The molecule has 186 valence electrons. The third-order valence-corrected chi connectivity index (χ3v) is 7.45. The minimum Gasteiger partial charge on any atom is -0.492 e. The summed E-state index contributed by atoms with van der Waals surface area (Å²) in [5.74, 6) is 0.478. The summed E-state index contributed by atoms with van der Waals surface area (Å²) in [6.07, 6.45) is -3.95. The van der Waals surface area contributed by atoms with E-state index in [-0.39, 0.29) is 18.6 Å². The van der Waals surface area contributed by atoms with E-state index in [0.29, 0.717) is 44.2 Å². The lowest BCUT2D eigenvalue weighted by atomic mass is 9.98. The summed E-state index contributed by atoms with van der Waals surface area (Å²) in [7, 11) is 1.82. The number of benzene rings is 2. The highest BCUT2D eigenvalue weighted by Crippen LogP contribution is 2.41. The summed E-state index contributed by atoms with van der Waals surface area (Å²) >= 11 is 12.6. The maximum absolute atomic E-state index is 14.0. The predicted molar refractivity (Wildman–Crippen MR) is 135 cm³/mol.